The molecule has 3 N–H and O–H groups in total. The van der Waals surface area contributed by atoms with Crippen molar-refractivity contribution < 1.29 is 9.59 Å². The Morgan fingerprint density at radius 1 is 1.03 bits per heavy atom. The topological polar surface area (TPSA) is 117 Å². The number of H-pyrrole nitrogens is 1. The summed E-state index contributed by atoms with van der Waals surface area (Å²) in [6.45, 7) is 3.46. The van der Waals surface area contributed by atoms with Crippen molar-refractivity contribution in [2.75, 3.05) is 10.6 Å². The van der Waals surface area contributed by atoms with Crippen LogP contribution in [0.1, 0.15) is 20.3 Å². The summed E-state index contributed by atoms with van der Waals surface area (Å²) in [5, 5.41) is 13.4. The Kier molecular flexibility index (Phi) is 6.97. The van der Waals surface area contributed by atoms with Gasteiger partial charge in [0.1, 0.15) is 0 Å². The minimum Gasteiger partial charge on any atom is -0.325 e. The fourth-order valence-corrected chi connectivity index (χ4v) is 3.32. The summed E-state index contributed by atoms with van der Waals surface area (Å²) in [6.07, 6.45) is 0.314. The molecule has 2 amide bonds. The molecule has 0 aliphatic heterocycles. The number of aromatic amines is 1. The zero-order valence-electron chi connectivity index (χ0n) is 16.5. The van der Waals surface area contributed by atoms with E-state index >= 15 is 0 Å². The fraction of sp³-hybridized carbons (Fsp3) is 0.190. The van der Waals surface area contributed by atoms with Gasteiger partial charge in [-0.2, -0.15) is 0 Å². The van der Waals surface area contributed by atoms with Gasteiger partial charge >= 0.3 is 0 Å². The van der Waals surface area contributed by atoms with Gasteiger partial charge < -0.3 is 10.6 Å². The van der Waals surface area contributed by atoms with Gasteiger partial charge in [0.2, 0.25) is 11.8 Å². The van der Waals surface area contributed by atoms with Gasteiger partial charge in [-0.1, -0.05) is 55.1 Å². The molecule has 9 heteroatoms. The molecule has 0 fully saturated rings. The molecule has 8 nitrogen and oxygen atoms in total. The van der Waals surface area contributed by atoms with E-state index < -0.39 is 10.8 Å². The molecule has 1 aromatic heterocycles. The van der Waals surface area contributed by atoms with Crippen molar-refractivity contribution >= 4 is 35.0 Å². The molecule has 0 saturated heterocycles. The first-order chi connectivity index (χ1) is 14.5. The van der Waals surface area contributed by atoms with Crippen molar-refractivity contribution in [3.63, 3.8) is 0 Å². The first kappa shape index (κ1) is 21.3. The first-order valence-electron chi connectivity index (χ1n) is 9.36. The van der Waals surface area contributed by atoms with Crippen molar-refractivity contribution in [3.8, 4) is 11.3 Å². The lowest BCUT2D eigenvalue weighted by Crippen LogP contribution is -2.23. The van der Waals surface area contributed by atoms with Gasteiger partial charge in [0.05, 0.1) is 10.9 Å². The van der Waals surface area contributed by atoms with Crippen LogP contribution in [0.3, 0.4) is 0 Å². The highest BCUT2D eigenvalue weighted by Gasteiger charge is 2.18. The highest BCUT2D eigenvalue weighted by atomic mass is 32.2. The summed E-state index contributed by atoms with van der Waals surface area (Å²) in [5.41, 5.74) is 1.28. The molecule has 154 valence electrons. The van der Waals surface area contributed by atoms with E-state index in [9.17, 15) is 14.4 Å². The Labute approximate surface area is 177 Å². The van der Waals surface area contributed by atoms with E-state index in [4.69, 9.17) is 0 Å². The second-order valence-electron chi connectivity index (χ2n) is 6.37. The molecular weight excluding hydrogens is 402 g/mol. The van der Waals surface area contributed by atoms with Crippen molar-refractivity contribution in [3.05, 3.63) is 65.0 Å². The van der Waals surface area contributed by atoms with E-state index in [2.05, 4.69) is 25.8 Å². The predicted molar refractivity (Wildman–Crippen MR) is 117 cm³/mol. The van der Waals surface area contributed by atoms with E-state index in [-0.39, 0.29) is 22.7 Å². The SMILES string of the molecule is CCC(=O)Nc1ccccc1-c1nnc(S[C@H](C)C(=O)Nc2ccccc2)[nH]c1=O. The molecule has 0 aliphatic carbocycles. The largest absolute Gasteiger partial charge is 0.325 e. The molecule has 0 spiro atoms. The Hall–Kier alpha value is -3.46. The number of rotatable bonds is 7. The summed E-state index contributed by atoms with van der Waals surface area (Å²) < 4.78 is 0. The van der Waals surface area contributed by atoms with Crippen LogP contribution in [0.25, 0.3) is 11.3 Å². The monoisotopic (exact) mass is 423 g/mol. The minimum absolute atomic E-state index is 0.0905. The van der Waals surface area contributed by atoms with Gasteiger partial charge in [0.25, 0.3) is 5.56 Å². The Morgan fingerprint density at radius 3 is 2.43 bits per heavy atom. The number of anilines is 2. The lowest BCUT2D eigenvalue weighted by molar-refractivity contribution is -0.116. The summed E-state index contributed by atoms with van der Waals surface area (Å²) in [4.78, 5) is 39.4. The molecule has 0 bridgehead atoms. The van der Waals surface area contributed by atoms with Gasteiger partial charge in [-0.25, -0.2) is 0 Å². The molecule has 0 unspecified atom stereocenters. The maximum atomic E-state index is 12.6. The van der Waals surface area contributed by atoms with Gasteiger partial charge in [-0.15, -0.1) is 10.2 Å². The highest BCUT2D eigenvalue weighted by Crippen LogP contribution is 2.25. The van der Waals surface area contributed by atoms with Crippen LogP contribution in [0, 0.1) is 0 Å². The summed E-state index contributed by atoms with van der Waals surface area (Å²) in [6, 6.07) is 16.0. The van der Waals surface area contributed by atoms with E-state index in [1.165, 1.54) is 0 Å². The van der Waals surface area contributed by atoms with Crippen molar-refractivity contribution in [2.24, 2.45) is 0 Å². The number of nitrogens with zero attached hydrogens (tertiary/aromatic N) is 2. The van der Waals surface area contributed by atoms with Gasteiger partial charge in [0.15, 0.2) is 10.9 Å². The molecule has 2 aromatic carbocycles. The molecule has 1 atom stereocenters. The lowest BCUT2D eigenvalue weighted by atomic mass is 10.1. The Bertz CT molecular complexity index is 1100. The maximum Gasteiger partial charge on any atom is 0.278 e. The quantitative estimate of drug-likeness (QED) is 0.502. The number of benzene rings is 2. The molecule has 0 saturated carbocycles. The molecule has 3 aromatic rings. The van der Waals surface area contributed by atoms with Gasteiger partial charge in [0, 0.05) is 17.7 Å². The summed E-state index contributed by atoms with van der Waals surface area (Å²) >= 11 is 1.10. The predicted octanol–water partition coefficient (Wildman–Crippen LogP) is 3.30. The normalized spacial score (nSPS) is 11.5. The van der Waals surface area contributed by atoms with Crippen molar-refractivity contribution in [1.29, 1.82) is 0 Å². The summed E-state index contributed by atoms with van der Waals surface area (Å²) in [7, 11) is 0. The van der Waals surface area contributed by atoms with Crippen LogP contribution >= 0.6 is 11.8 Å². The van der Waals surface area contributed by atoms with E-state index in [1.807, 2.05) is 18.2 Å². The maximum absolute atomic E-state index is 12.6. The number of aromatic nitrogens is 3. The summed E-state index contributed by atoms with van der Waals surface area (Å²) in [5.74, 6) is -0.386. The van der Waals surface area contributed by atoms with Crippen LogP contribution in [0.5, 0.6) is 0 Å². The third kappa shape index (κ3) is 5.32. The number of carbonyl (C=O) groups is 2. The van der Waals surface area contributed by atoms with E-state index in [0.29, 0.717) is 23.4 Å². The standard InChI is InChI=1S/C21H21N5O3S/c1-3-17(27)23-16-12-8-7-11-15(16)18-20(29)24-21(26-25-18)30-13(2)19(28)22-14-9-5-4-6-10-14/h4-13H,3H2,1-2H3,(H,22,28)(H,23,27)(H,24,26,29)/t13-/m1/s1. The third-order valence-electron chi connectivity index (χ3n) is 4.15. The number of thioether (sulfide) groups is 1. The third-order valence-corrected chi connectivity index (χ3v) is 5.13. The highest BCUT2D eigenvalue weighted by molar-refractivity contribution is 8.00. The first-order valence-corrected chi connectivity index (χ1v) is 10.2. The fourth-order valence-electron chi connectivity index (χ4n) is 2.57. The number of nitrogens with one attached hydrogen (secondary N) is 3. The van der Waals surface area contributed by atoms with Crippen molar-refractivity contribution in [2.45, 2.75) is 30.7 Å². The van der Waals surface area contributed by atoms with Crippen LogP contribution in [-0.4, -0.2) is 32.2 Å². The smallest absolute Gasteiger partial charge is 0.278 e. The molecule has 30 heavy (non-hydrogen) atoms. The molecule has 0 aliphatic rings. The number of hydrogen-bond acceptors (Lipinski definition) is 6. The lowest BCUT2D eigenvalue weighted by Gasteiger charge is -2.12. The van der Waals surface area contributed by atoms with Crippen LogP contribution in [-0.2, 0) is 9.59 Å². The zero-order chi connectivity index (χ0) is 21.5. The van der Waals surface area contributed by atoms with Crippen LogP contribution in [0.4, 0.5) is 11.4 Å². The van der Waals surface area contributed by atoms with Crippen LogP contribution in [0.15, 0.2) is 64.5 Å². The Balaban J connectivity index is 1.75. The van der Waals surface area contributed by atoms with Gasteiger partial charge in [-0.05, 0) is 25.1 Å². The average Bonchev–Trinajstić information content (AvgIpc) is 2.75. The minimum atomic E-state index is -0.503. The molecule has 3 rings (SSSR count). The molecule has 0 radical (unpaired) electrons. The number of amides is 2. The second-order valence-corrected chi connectivity index (χ2v) is 7.70. The zero-order valence-corrected chi connectivity index (χ0v) is 17.3. The number of carbonyl (C=O) groups excluding carboxylic acids is 2. The van der Waals surface area contributed by atoms with Crippen LogP contribution in [0.2, 0.25) is 0 Å². The van der Waals surface area contributed by atoms with E-state index in [1.54, 1.807) is 50.2 Å². The number of hydrogen-bond donors (Lipinski definition) is 3. The number of para-hydroxylation sites is 2. The van der Waals surface area contributed by atoms with Gasteiger partial charge in [-0.3, -0.25) is 19.4 Å². The Morgan fingerprint density at radius 2 is 1.73 bits per heavy atom. The average molecular weight is 423 g/mol. The molecular formula is C21H21N5O3S. The van der Waals surface area contributed by atoms with Crippen molar-refractivity contribution in [1.82, 2.24) is 15.2 Å². The second kappa shape index (κ2) is 9.84. The molecule has 1 heterocycles. The van der Waals surface area contributed by atoms with E-state index in [0.717, 1.165) is 11.8 Å². The van der Waals surface area contributed by atoms with Crippen LogP contribution < -0.4 is 16.2 Å².